The largest absolute Gasteiger partial charge is 0.484 e. The lowest BCUT2D eigenvalue weighted by atomic mass is 9.78. The molecule has 3 atom stereocenters. The number of hydrogen-bond donors (Lipinski definition) is 3. The fraction of sp³-hybridized carbons (Fsp3) is 0.500. The van der Waals surface area contributed by atoms with Crippen molar-refractivity contribution in [3.8, 4) is 11.8 Å². The van der Waals surface area contributed by atoms with Crippen LogP contribution in [0.2, 0.25) is 0 Å². The number of hydrazine groups is 1. The number of nitrogens with one attached hydrogen (secondary N) is 3. The Labute approximate surface area is 153 Å². The summed E-state index contributed by atoms with van der Waals surface area (Å²) in [6, 6.07) is 8.93. The fourth-order valence-electron chi connectivity index (χ4n) is 2.93. The Bertz CT molecular complexity index is 641. The molecule has 6 nitrogen and oxygen atoms in total. The third-order valence-corrected chi connectivity index (χ3v) is 4.91. The summed E-state index contributed by atoms with van der Waals surface area (Å²) >= 11 is 5.24. The van der Waals surface area contributed by atoms with Crippen molar-refractivity contribution in [2.45, 2.75) is 39.2 Å². The number of benzene rings is 1. The zero-order valence-corrected chi connectivity index (χ0v) is 15.4. The molecule has 1 aliphatic carbocycles. The Morgan fingerprint density at radius 1 is 1.28 bits per heavy atom. The lowest BCUT2D eigenvalue weighted by molar-refractivity contribution is -0.123. The topological polar surface area (TPSA) is 86.2 Å². The van der Waals surface area contributed by atoms with E-state index in [1.807, 2.05) is 6.07 Å². The predicted octanol–water partition coefficient (Wildman–Crippen LogP) is 2.26. The van der Waals surface area contributed by atoms with Gasteiger partial charge in [0.25, 0.3) is 5.91 Å². The van der Waals surface area contributed by atoms with Crippen LogP contribution >= 0.6 is 12.2 Å². The molecule has 0 bridgehead atoms. The molecule has 0 spiro atoms. The van der Waals surface area contributed by atoms with Crippen molar-refractivity contribution in [3.05, 3.63) is 29.8 Å². The molecule has 0 aromatic heterocycles. The minimum Gasteiger partial charge on any atom is -0.484 e. The highest BCUT2D eigenvalue weighted by Crippen LogP contribution is 2.29. The van der Waals surface area contributed by atoms with Crippen molar-refractivity contribution >= 4 is 23.2 Å². The number of nitriles is 1. The average Bonchev–Trinajstić information content (AvgIpc) is 2.62. The lowest BCUT2D eigenvalue weighted by Gasteiger charge is -2.35. The van der Waals surface area contributed by atoms with Crippen LogP contribution in [0.15, 0.2) is 24.3 Å². The molecule has 1 aromatic carbocycles. The molecule has 0 unspecified atom stereocenters. The van der Waals surface area contributed by atoms with Crippen molar-refractivity contribution in [1.82, 2.24) is 16.2 Å². The summed E-state index contributed by atoms with van der Waals surface area (Å²) < 4.78 is 5.36. The van der Waals surface area contributed by atoms with Gasteiger partial charge < -0.3 is 10.1 Å². The Morgan fingerprint density at radius 2 is 2.00 bits per heavy atom. The van der Waals surface area contributed by atoms with Gasteiger partial charge in [-0.15, -0.1) is 0 Å². The molecule has 134 valence electrons. The van der Waals surface area contributed by atoms with Crippen LogP contribution in [0, 0.1) is 23.2 Å². The van der Waals surface area contributed by atoms with Gasteiger partial charge in [-0.2, -0.15) is 5.26 Å². The number of carbonyl (C=O) groups is 1. The van der Waals surface area contributed by atoms with Gasteiger partial charge in [-0.25, -0.2) is 0 Å². The Hall–Kier alpha value is -2.33. The predicted molar refractivity (Wildman–Crippen MR) is 99.6 cm³/mol. The van der Waals surface area contributed by atoms with Crippen LogP contribution in [0.4, 0.5) is 0 Å². The van der Waals surface area contributed by atoms with Gasteiger partial charge in [0.1, 0.15) is 5.75 Å². The van der Waals surface area contributed by atoms with Gasteiger partial charge in [0.15, 0.2) is 11.7 Å². The zero-order valence-electron chi connectivity index (χ0n) is 14.5. The number of nitrogens with zero attached hydrogens (tertiary/aromatic N) is 1. The number of ether oxygens (including phenoxy) is 1. The van der Waals surface area contributed by atoms with Crippen LogP contribution in [-0.4, -0.2) is 23.7 Å². The first-order chi connectivity index (χ1) is 12.0. The first-order valence-corrected chi connectivity index (χ1v) is 8.88. The second-order valence-electron chi connectivity index (χ2n) is 6.45. The minimum absolute atomic E-state index is 0.140. The van der Waals surface area contributed by atoms with E-state index in [2.05, 4.69) is 30.0 Å². The number of rotatable bonds is 4. The number of amides is 1. The minimum atomic E-state index is -0.335. The molecule has 1 aliphatic rings. The number of thiocarbonyl (C=S) groups is 1. The van der Waals surface area contributed by atoms with Crippen molar-refractivity contribution in [2.24, 2.45) is 11.8 Å². The maximum Gasteiger partial charge on any atom is 0.276 e. The standard InChI is InChI=1S/C18H24N4O2S/c1-12-4-3-5-16(13(12)2)20-18(25)22-21-17(23)11-24-15-8-6-14(10-19)7-9-15/h6-9,12-13,16H,3-5,11H2,1-2H3,(H,21,23)(H2,20,22,25)/t12-,13-,16-/m1/s1. The van der Waals surface area contributed by atoms with Crippen LogP contribution in [0.25, 0.3) is 0 Å². The van der Waals surface area contributed by atoms with Crippen LogP contribution < -0.4 is 20.9 Å². The lowest BCUT2D eigenvalue weighted by Crippen LogP contribution is -2.53. The fourth-order valence-corrected chi connectivity index (χ4v) is 3.13. The van der Waals surface area contributed by atoms with Gasteiger partial charge in [0.2, 0.25) is 0 Å². The van der Waals surface area contributed by atoms with E-state index >= 15 is 0 Å². The molecule has 7 heteroatoms. The quantitative estimate of drug-likeness (QED) is 0.564. The van der Waals surface area contributed by atoms with Gasteiger partial charge >= 0.3 is 0 Å². The zero-order chi connectivity index (χ0) is 18.2. The van der Waals surface area contributed by atoms with Gasteiger partial charge in [-0.05, 0) is 54.7 Å². The summed E-state index contributed by atoms with van der Waals surface area (Å²) in [6.45, 7) is 4.35. The molecule has 0 heterocycles. The summed E-state index contributed by atoms with van der Waals surface area (Å²) in [7, 11) is 0. The summed E-state index contributed by atoms with van der Waals surface area (Å²) in [4.78, 5) is 11.8. The van der Waals surface area contributed by atoms with E-state index < -0.39 is 0 Å². The van der Waals surface area contributed by atoms with E-state index in [0.29, 0.717) is 34.3 Å². The smallest absolute Gasteiger partial charge is 0.276 e. The van der Waals surface area contributed by atoms with Gasteiger partial charge in [0, 0.05) is 6.04 Å². The van der Waals surface area contributed by atoms with E-state index in [1.165, 1.54) is 12.8 Å². The van der Waals surface area contributed by atoms with Crippen LogP contribution in [0.1, 0.15) is 38.7 Å². The highest BCUT2D eigenvalue weighted by Gasteiger charge is 2.27. The highest BCUT2D eigenvalue weighted by molar-refractivity contribution is 7.80. The Kier molecular flexibility index (Phi) is 7.02. The van der Waals surface area contributed by atoms with Crippen molar-refractivity contribution in [1.29, 1.82) is 5.26 Å². The first-order valence-electron chi connectivity index (χ1n) is 8.48. The molecule has 25 heavy (non-hydrogen) atoms. The number of carbonyl (C=O) groups excluding carboxylic acids is 1. The average molecular weight is 360 g/mol. The van der Waals surface area contributed by atoms with Crippen molar-refractivity contribution < 1.29 is 9.53 Å². The SMILES string of the molecule is C[C@@H]1[C@H](C)CCC[C@H]1NC(=S)NNC(=O)COc1ccc(C#N)cc1. The highest BCUT2D eigenvalue weighted by atomic mass is 32.1. The monoisotopic (exact) mass is 360 g/mol. The Morgan fingerprint density at radius 3 is 2.68 bits per heavy atom. The summed E-state index contributed by atoms with van der Waals surface area (Å²) in [5.74, 6) is 1.41. The second-order valence-corrected chi connectivity index (χ2v) is 6.85. The molecule has 1 amide bonds. The molecule has 0 saturated heterocycles. The molecule has 1 fully saturated rings. The molecular formula is C18H24N4O2S. The van der Waals surface area contributed by atoms with E-state index in [1.54, 1.807) is 24.3 Å². The normalized spacial score (nSPS) is 22.4. The second kappa shape index (κ2) is 9.23. The van der Waals surface area contributed by atoms with Gasteiger partial charge in [-0.1, -0.05) is 26.7 Å². The molecule has 0 aliphatic heterocycles. The third kappa shape index (κ3) is 5.91. The number of hydrogen-bond acceptors (Lipinski definition) is 4. The van der Waals surface area contributed by atoms with Gasteiger partial charge in [-0.3, -0.25) is 15.6 Å². The molecule has 0 radical (unpaired) electrons. The summed E-state index contributed by atoms with van der Waals surface area (Å²) in [5.41, 5.74) is 5.78. The van der Waals surface area contributed by atoms with E-state index in [0.717, 1.165) is 6.42 Å². The summed E-state index contributed by atoms with van der Waals surface area (Å²) in [6.07, 6.45) is 3.53. The third-order valence-electron chi connectivity index (χ3n) is 4.69. The molecular weight excluding hydrogens is 336 g/mol. The van der Waals surface area contributed by atoms with E-state index in [4.69, 9.17) is 22.2 Å². The molecule has 1 saturated carbocycles. The van der Waals surface area contributed by atoms with E-state index in [-0.39, 0.29) is 12.5 Å². The summed E-state index contributed by atoms with van der Waals surface area (Å²) in [5, 5.41) is 12.4. The van der Waals surface area contributed by atoms with E-state index in [9.17, 15) is 4.79 Å². The maximum atomic E-state index is 11.8. The maximum absolute atomic E-state index is 11.8. The van der Waals surface area contributed by atoms with Crippen molar-refractivity contribution in [2.75, 3.05) is 6.61 Å². The molecule has 1 aromatic rings. The Balaban J connectivity index is 1.68. The molecule has 3 N–H and O–H groups in total. The molecule has 2 rings (SSSR count). The van der Waals surface area contributed by atoms with Crippen LogP contribution in [0.5, 0.6) is 5.75 Å². The van der Waals surface area contributed by atoms with Gasteiger partial charge in [0.05, 0.1) is 11.6 Å². The van der Waals surface area contributed by atoms with Crippen LogP contribution in [0.3, 0.4) is 0 Å². The van der Waals surface area contributed by atoms with Crippen LogP contribution in [-0.2, 0) is 4.79 Å². The van der Waals surface area contributed by atoms with Crippen molar-refractivity contribution in [3.63, 3.8) is 0 Å². The first kappa shape index (κ1) is 19.0.